The van der Waals surface area contributed by atoms with Crippen molar-refractivity contribution in [3.63, 3.8) is 0 Å². The molecule has 172 valence electrons. The zero-order chi connectivity index (χ0) is 22.9. The maximum absolute atomic E-state index is 13.1. The Morgan fingerprint density at radius 1 is 1.22 bits per heavy atom. The highest BCUT2D eigenvalue weighted by Gasteiger charge is 2.30. The van der Waals surface area contributed by atoms with Crippen molar-refractivity contribution in [3.8, 4) is 0 Å². The maximum Gasteiger partial charge on any atom is 0.265 e. The van der Waals surface area contributed by atoms with Crippen molar-refractivity contribution < 1.29 is 9.59 Å². The number of likely N-dealkylation sites (tertiary alicyclic amines) is 1. The summed E-state index contributed by atoms with van der Waals surface area (Å²) in [7, 11) is 0. The third-order valence-corrected chi connectivity index (χ3v) is 8.33. The predicted octanol–water partition coefficient (Wildman–Crippen LogP) is 4.85. The molecule has 2 aliphatic rings. The van der Waals surface area contributed by atoms with E-state index in [1.54, 1.807) is 11.3 Å². The molecule has 1 aromatic carbocycles. The van der Waals surface area contributed by atoms with E-state index < -0.39 is 0 Å². The molecule has 2 atom stereocenters. The Bertz CT molecular complexity index is 991. The first-order valence-corrected chi connectivity index (χ1v) is 12.5. The molecular weight excluding hydrogens is 418 g/mol. The van der Waals surface area contributed by atoms with E-state index in [4.69, 9.17) is 5.73 Å². The molecule has 2 heterocycles. The number of hydrogen-bond acceptors (Lipinski definition) is 4. The predicted molar refractivity (Wildman–Crippen MR) is 131 cm³/mol. The molecule has 0 spiro atoms. The highest BCUT2D eigenvalue weighted by atomic mass is 32.1. The van der Waals surface area contributed by atoms with Crippen LogP contribution >= 0.6 is 11.3 Å². The van der Waals surface area contributed by atoms with Crippen molar-refractivity contribution >= 4 is 28.8 Å². The number of carbonyl (C=O) groups excluding carboxylic acids is 2. The van der Waals surface area contributed by atoms with Crippen LogP contribution in [-0.2, 0) is 24.2 Å². The number of carbonyl (C=O) groups is 2. The number of nitrogens with two attached hydrogens (primary N) is 1. The Hall–Kier alpha value is -2.18. The van der Waals surface area contributed by atoms with Gasteiger partial charge in [0.2, 0.25) is 5.91 Å². The minimum absolute atomic E-state index is 0.0298. The fourth-order valence-corrected chi connectivity index (χ4v) is 6.11. The first-order chi connectivity index (χ1) is 15.2. The van der Waals surface area contributed by atoms with Crippen LogP contribution in [0.25, 0.3) is 0 Å². The molecule has 0 saturated carbocycles. The molecule has 4 rings (SSSR count). The summed E-state index contributed by atoms with van der Waals surface area (Å²) in [5.74, 6) is 0.333. The van der Waals surface area contributed by atoms with Crippen molar-refractivity contribution in [1.82, 2.24) is 4.90 Å². The molecule has 32 heavy (non-hydrogen) atoms. The van der Waals surface area contributed by atoms with Gasteiger partial charge in [0.25, 0.3) is 5.91 Å². The topological polar surface area (TPSA) is 75.4 Å². The number of primary amides is 1. The molecule has 1 saturated heterocycles. The second kappa shape index (κ2) is 9.36. The summed E-state index contributed by atoms with van der Waals surface area (Å²) in [6.07, 6.45) is 5.17. The van der Waals surface area contributed by atoms with Crippen LogP contribution in [0.3, 0.4) is 0 Å². The smallest absolute Gasteiger partial charge is 0.265 e. The molecule has 1 aromatic heterocycles. The van der Waals surface area contributed by atoms with Crippen LogP contribution in [0.4, 0.5) is 5.69 Å². The Morgan fingerprint density at radius 2 is 2.00 bits per heavy atom. The average molecular weight is 454 g/mol. The van der Waals surface area contributed by atoms with Gasteiger partial charge in [0.1, 0.15) is 0 Å². The lowest BCUT2D eigenvalue weighted by atomic mass is 9.72. The minimum atomic E-state index is -0.216. The van der Waals surface area contributed by atoms with Crippen LogP contribution in [0.5, 0.6) is 0 Å². The van der Waals surface area contributed by atoms with Crippen LogP contribution in [-0.4, -0.2) is 29.8 Å². The number of para-hydroxylation sites is 1. The van der Waals surface area contributed by atoms with Gasteiger partial charge in [-0.3, -0.25) is 14.5 Å². The molecule has 2 aromatic rings. The summed E-state index contributed by atoms with van der Waals surface area (Å²) in [5, 5.41) is 3.15. The van der Waals surface area contributed by atoms with E-state index in [0.717, 1.165) is 48.4 Å². The Morgan fingerprint density at radius 3 is 2.75 bits per heavy atom. The minimum Gasteiger partial charge on any atom is -0.369 e. The Labute approximate surface area is 195 Å². The van der Waals surface area contributed by atoms with Gasteiger partial charge in [-0.2, -0.15) is 0 Å². The van der Waals surface area contributed by atoms with Crippen molar-refractivity contribution in [2.45, 2.75) is 59.4 Å². The molecule has 2 amide bonds. The monoisotopic (exact) mass is 453 g/mol. The summed E-state index contributed by atoms with van der Waals surface area (Å²) in [6, 6.07) is 10.1. The van der Waals surface area contributed by atoms with Crippen LogP contribution in [0.15, 0.2) is 30.3 Å². The molecule has 1 aliphatic carbocycles. The molecule has 5 nitrogen and oxygen atoms in total. The van der Waals surface area contributed by atoms with Gasteiger partial charge in [-0.1, -0.05) is 39.0 Å². The van der Waals surface area contributed by atoms with Gasteiger partial charge < -0.3 is 11.1 Å². The molecule has 6 heteroatoms. The zero-order valence-electron chi connectivity index (χ0n) is 19.4. The molecule has 0 bridgehead atoms. The highest BCUT2D eigenvalue weighted by Crippen LogP contribution is 2.40. The number of benzene rings is 1. The first kappa shape index (κ1) is 23.0. The van der Waals surface area contributed by atoms with Crippen molar-refractivity contribution in [3.05, 3.63) is 51.2 Å². The van der Waals surface area contributed by atoms with Gasteiger partial charge in [0, 0.05) is 23.7 Å². The molecule has 1 fully saturated rings. The lowest BCUT2D eigenvalue weighted by Gasteiger charge is -2.33. The normalized spacial score (nSPS) is 21.7. The molecule has 0 radical (unpaired) electrons. The van der Waals surface area contributed by atoms with Crippen molar-refractivity contribution in [2.24, 2.45) is 23.0 Å². The van der Waals surface area contributed by atoms with E-state index in [9.17, 15) is 9.59 Å². The number of fused-ring (bicyclic) bond motifs is 1. The van der Waals surface area contributed by atoms with Gasteiger partial charge in [-0.05, 0) is 73.2 Å². The molecule has 3 N–H and O–H groups in total. The summed E-state index contributed by atoms with van der Waals surface area (Å²) in [6.45, 7) is 9.27. The Balaban J connectivity index is 1.45. The summed E-state index contributed by atoms with van der Waals surface area (Å²) in [5.41, 5.74) is 9.10. The van der Waals surface area contributed by atoms with Crippen LogP contribution < -0.4 is 11.1 Å². The standard InChI is InChI=1S/C26H35N3O2S/c1-26(2,3)20-10-11-22-19(13-20)14-23(32-22)25(31)28-21-9-5-4-7-17(21)15-29-12-6-8-18(16-29)24(27)30/h4-5,7,9,14,18,20H,6,8,10-13,15-16H2,1-3H3,(H2,27,30)(H,28,31). The number of piperidine rings is 1. The second-order valence-electron chi connectivity index (χ2n) is 10.5. The van der Waals surface area contributed by atoms with Gasteiger partial charge >= 0.3 is 0 Å². The summed E-state index contributed by atoms with van der Waals surface area (Å²) >= 11 is 1.65. The fourth-order valence-electron chi connectivity index (χ4n) is 5.01. The number of aryl methyl sites for hydroxylation is 1. The van der Waals surface area contributed by atoms with Crippen molar-refractivity contribution in [1.29, 1.82) is 0 Å². The summed E-state index contributed by atoms with van der Waals surface area (Å²) in [4.78, 5) is 29.2. The van der Waals surface area contributed by atoms with Crippen LogP contribution in [0.1, 0.15) is 65.7 Å². The maximum atomic E-state index is 13.1. The largest absolute Gasteiger partial charge is 0.369 e. The third-order valence-electron chi connectivity index (χ3n) is 7.10. The van der Waals surface area contributed by atoms with E-state index in [1.807, 2.05) is 18.2 Å². The lowest BCUT2D eigenvalue weighted by Crippen LogP contribution is -2.40. The number of anilines is 1. The van der Waals surface area contributed by atoms with Gasteiger partial charge in [0.15, 0.2) is 0 Å². The average Bonchev–Trinajstić information content (AvgIpc) is 3.18. The van der Waals surface area contributed by atoms with Gasteiger partial charge in [-0.15, -0.1) is 11.3 Å². The number of nitrogens with one attached hydrogen (secondary N) is 1. The fraction of sp³-hybridized carbons (Fsp3) is 0.538. The number of thiophene rings is 1. The van der Waals surface area contributed by atoms with E-state index in [-0.39, 0.29) is 17.7 Å². The van der Waals surface area contributed by atoms with E-state index in [2.05, 4.69) is 43.1 Å². The van der Waals surface area contributed by atoms with Crippen LogP contribution in [0, 0.1) is 17.3 Å². The molecular formula is C26H35N3O2S. The number of nitrogens with zero attached hydrogens (tertiary/aromatic N) is 1. The van der Waals surface area contributed by atoms with Gasteiger partial charge in [-0.25, -0.2) is 0 Å². The summed E-state index contributed by atoms with van der Waals surface area (Å²) < 4.78 is 0. The number of amides is 2. The first-order valence-electron chi connectivity index (χ1n) is 11.7. The second-order valence-corrected chi connectivity index (χ2v) is 11.6. The quantitative estimate of drug-likeness (QED) is 0.680. The van der Waals surface area contributed by atoms with Crippen molar-refractivity contribution in [2.75, 3.05) is 18.4 Å². The Kier molecular flexibility index (Phi) is 6.72. The van der Waals surface area contributed by atoms with E-state index >= 15 is 0 Å². The highest BCUT2D eigenvalue weighted by molar-refractivity contribution is 7.14. The number of rotatable bonds is 5. The zero-order valence-corrected chi connectivity index (χ0v) is 20.3. The number of hydrogen-bond donors (Lipinski definition) is 2. The SMILES string of the molecule is CC(C)(C)C1CCc2sc(C(=O)Nc3ccccc3CN3CCCC(C(N)=O)C3)cc2C1. The van der Waals surface area contributed by atoms with E-state index in [1.165, 1.54) is 16.9 Å². The van der Waals surface area contributed by atoms with Gasteiger partial charge in [0.05, 0.1) is 10.8 Å². The third kappa shape index (κ3) is 5.24. The van der Waals surface area contributed by atoms with Crippen LogP contribution in [0.2, 0.25) is 0 Å². The molecule has 2 unspecified atom stereocenters. The lowest BCUT2D eigenvalue weighted by molar-refractivity contribution is -0.123. The van der Waals surface area contributed by atoms with E-state index in [0.29, 0.717) is 24.4 Å². The molecule has 1 aliphatic heterocycles.